The average Bonchev–Trinajstić information content (AvgIpc) is 3.86. The molecule has 21 atom stereocenters. The summed E-state index contributed by atoms with van der Waals surface area (Å²) in [6, 6.07) is 0. The maximum absolute atomic E-state index is 13.5. The van der Waals surface area contributed by atoms with Crippen LogP contribution < -0.4 is 0 Å². The Hall–Kier alpha value is -1.35. The van der Waals surface area contributed by atoms with Gasteiger partial charge in [-0.15, -0.1) is 0 Å². The van der Waals surface area contributed by atoms with E-state index < -0.39 is 90.1 Å². The third kappa shape index (κ3) is 8.02. The smallest absolute Gasteiger partial charge is 0.387 e. The molecule has 4 bridgehead atoms. The van der Waals surface area contributed by atoms with Gasteiger partial charge in [-0.3, -0.25) is 13.9 Å². The zero-order valence-electron chi connectivity index (χ0n) is 46.8. The molecule has 1 spiro atoms. The highest BCUT2D eigenvalue weighted by molar-refractivity contribution is 7.81. The van der Waals surface area contributed by atoms with Gasteiger partial charge in [-0.05, 0) is 181 Å². The Balaban J connectivity index is 0.835. The van der Waals surface area contributed by atoms with E-state index in [9.17, 15) is 46.1 Å². The van der Waals surface area contributed by atoms with Gasteiger partial charge >= 0.3 is 20.8 Å². The number of ketones is 1. The van der Waals surface area contributed by atoms with Crippen LogP contribution in [-0.2, 0) is 48.2 Å². The van der Waals surface area contributed by atoms with Gasteiger partial charge in [0.2, 0.25) is 0 Å². The first kappa shape index (κ1) is 55.6. The van der Waals surface area contributed by atoms with Gasteiger partial charge in [0.15, 0.2) is 11.6 Å². The minimum absolute atomic E-state index is 0.00929. The minimum atomic E-state index is -4.85. The minimum Gasteiger partial charge on any atom is -0.387 e. The van der Waals surface area contributed by atoms with Crippen LogP contribution in [0.1, 0.15) is 186 Å². The van der Waals surface area contributed by atoms with E-state index in [1.807, 2.05) is 13.8 Å². The number of carbonyl (C=O) groups excluding carboxylic acids is 1. The van der Waals surface area contributed by atoms with E-state index in [4.69, 9.17) is 22.6 Å². The predicted molar refractivity (Wildman–Crippen MR) is 278 cm³/mol. The molecular weight excluding hydrogens is 1000 g/mol. The number of carbonyl (C=O) groups is 1. The van der Waals surface area contributed by atoms with E-state index in [-0.39, 0.29) is 71.6 Å². The van der Waals surface area contributed by atoms with Gasteiger partial charge < -0.3 is 29.5 Å². The molecule has 0 aromatic rings. The Kier molecular flexibility index (Phi) is 12.8. The maximum Gasteiger partial charge on any atom is 0.397 e. The Morgan fingerprint density at radius 2 is 1.29 bits per heavy atom. The lowest BCUT2D eigenvalue weighted by Gasteiger charge is -2.69. The Morgan fingerprint density at radius 1 is 0.733 bits per heavy atom. The molecule has 17 heteroatoms. The molecule has 0 radical (unpaired) electrons. The van der Waals surface area contributed by atoms with Gasteiger partial charge in [-0.1, -0.05) is 84.6 Å². The zero-order valence-corrected chi connectivity index (χ0v) is 48.4. The molecule has 15 nitrogen and oxygen atoms in total. The van der Waals surface area contributed by atoms with Gasteiger partial charge in [0.05, 0.1) is 42.2 Å². The van der Waals surface area contributed by atoms with Crippen molar-refractivity contribution in [1.29, 1.82) is 0 Å². The number of hydrogen-bond donors (Lipinski definition) is 5. The van der Waals surface area contributed by atoms with Crippen LogP contribution in [-0.4, -0.2) is 107 Å². The van der Waals surface area contributed by atoms with Crippen LogP contribution >= 0.6 is 0 Å². The first-order valence-electron chi connectivity index (χ1n) is 28.9. The molecule has 8 fully saturated rings. The van der Waals surface area contributed by atoms with E-state index in [1.54, 1.807) is 13.8 Å². The summed E-state index contributed by atoms with van der Waals surface area (Å²) in [6.45, 7) is 25.8. The van der Waals surface area contributed by atoms with E-state index in [0.29, 0.717) is 36.5 Å². The predicted octanol–water partition coefficient (Wildman–Crippen LogP) is 9.29. The standard InChI is InChI=1S/C58H90O15S2/c1-30(35-14-16-37-33-24-43(71-74(63,64)65)47-50(3,4)49(61)41(59)27-55(47,11)39(33)19-21-53(35,37)9)13-18-46-56(12)26-32(52(7,8)73-56)23-42(70-46)31(2)36-15-17-38-34-25-44(72-75(66,67)68)48-51(5,6)58(62)45(60)28-57(48,29-69-58)40(34)20-22-54(36,38)10/h30-32,35-38,41-48,59-60,62H,13-29H2,1-12H3,(H,63,64,65)(H,66,67,68)/t30-,31?,32-,35-,36-,37?,38?,41+,42-,43+,44+,45+,46+,47?,48?,53-,54-,55-,56-,57+,58-/m1/s1. The summed E-state index contributed by atoms with van der Waals surface area (Å²) in [5.41, 5.74) is 0.325. The van der Waals surface area contributed by atoms with Gasteiger partial charge in [-0.25, -0.2) is 8.37 Å². The third-order valence-electron chi connectivity index (χ3n) is 25.0. The highest BCUT2D eigenvalue weighted by atomic mass is 32.3. The van der Waals surface area contributed by atoms with E-state index >= 15 is 0 Å². The fourth-order valence-corrected chi connectivity index (χ4v) is 22.9. The summed E-state index contributed by atoms with van der Waals surface area (Å²) >= 11 is 0. The molecule has 4 saturated carbocycles. The second kappa shape index (κ2) is 17.3. The lowest BCUT2D eigenvalue weighted by Crippen LogP contribution is -2.76. The monoisotopic (exact) mass is 1090 g/mol. The molecule has 5 unspecified atom stereocenters. The fraction of sp³-hybridized carbons (Fsp3) is 0.914. The van der Waals surface area contributed by atoms with Crippen LogP contribution in [0.4, 0.5) is 0 Å². The van der Waals surface area contributed by atoms with Crippen molar-refractivity contribution in [3.05, 3.63) is 22.3 Å². The number of ether oxygens (including phenoxy) is 3. The van der Waals surface area contributed by atoms with Crippen molar-refractivity contribution in [2.24, 2.45) is 85.8 Å². The van der Waals surface area contributed by atoms with Crippen molar-refractivity contribution in [3.63, 3.8) is 0 Å². The van der Waals surface area contributed by atoms with Crippen molar-refractivity contribution in [2.45, 2.75) is 239 Å². The molecule has 4 heterocycles. The first-order chi connectivity index (χ1) is 34.5. The number of aliphatic hydroxyl groups excluding tert-OH is 2. The average molecular weight is 1090 g/mol. The zero-order chi connectivity index (χ0) is 54.6. The van der Waals surface area contributed by atoms with Gasteiger partial charge in [-0.2, -0.15) is 16.8 Å². The van der Waals surface area contributed by atoms with Crippen molar-refractivity contribution in [2.75, 3.05) is 6.61 Å². The molecular formula is C58H90O15S2. The van der Waals surface area contributed by atoms with Crippen LogP contribution in [0.25, 0.3) is 0 Å². The van der Waals surface area contributed by atoms with Crippen molar-refractivity contribution in [1.82, 2.24) is 0 Å². The van der Waals surface area contributed by atoms with E-state index in [1.165, 1.54) is 22.3 Å². The van der Waals surface area contributed by atoms with Crippen LogP contribution in [0.2, 0.25) is 0 Å². The lowest BCUT2D eigenvalue weighted by molar-refractivity contribution is -0.408. The molecule has 0 aromatic carbocycles. The molecule has 4 saturated heterocycles. The second-order valence-electron chi connectivity index (χ2n) is 29.5. The molecule has 5 N–H and O–H groups in total. The van der Waals surface area contributed by atoms with Gasteiger partial charge in [0.1, 0.15) is 12.2 Å². The molecule has 75 heavy (non-hydrogen) atoms. The van der Waals surface area contributed by atoms with Crippen LogP contribution in [0.3, 0.4) is 0 Å². The maximum atomic E-state index is 13.5. The summed E-state index contributed by atoms with van der Waals surface area (Å²) in [7, 11) is -9.68. The summed E-state index contributed by atoms with van der Waals surface area (Å²) in [5, 5.41) is 34.5. The van der Waals surface area contributed by atoms with Gasteiger partial charge in [0.25, 0.3) is 0 Å². The summed E-state index contributed by atoms with van der Waals surface area (Å²) in [4.78, 5) is 13.5. The normalized spacial score (nSPS) is 50.3. The molecule has 0 aromatic heterocycles. The number of fused-ring (bicyclic) bond motifs is 10. The Morgan fingerprint density at radius 3 is 1.89 bits per heavy atom. The van der Waals surface area contributed by atoms with Gasteiger partial charge in [0, 0.05) is 28.1 Å². The summed E-state index contributed by atoms with van der Waals surface area (Å²) in [5.74, 6) is -1.32. The number of hydrogen-bond acceptors (Lipinski definition) is 13. The molecule has 4 aliphatic heterocycles. The highest BCUT2D eigenvalue weighted by Gasteiger charge is 2.75. The van der Waals surface area contributed by atoms with Crippen LogP contribution in [0, 0.1) is 85.8 Å². The summed E-state index contributed by atoms with van der Waals surface area (Å²) in [6.07, 6.45) is 7.77. The van der Waals surface area contributed by atoms with Crippen molar-refractivity contribution < 1.29 is 68.6 Å². The highest BCUT2D eigenvalue weighted by Crippen LogP contribution is 2.73. The first-order valence-corrected chi connectivity index (χ1v) is 31.6. The van der Waals surface area contributed by atoms with Crippen LogP contribution in [0.5, 0.6) is 0 Å². The number of allylic oxidation sites excluding steroid dienone is 1. The molecule has 424 valence electrons. The van der Waals surface area contributed by atoms with E-state index in [0.717, 1.165) is 77.0 Å². The molecule has 12 rings (SSSR count). The lowest BCUT2D eigenvalue weighted by atomic mass is 9.42. The molecule has 0 amide bonds. The Bertz CT molecular complexity index is 2660. The third-order valence-corrected chi connectivity index (χ3v) is 25.9. The molecule has 8 aliphatic carbocycles. The number of Topliss-reactive ketones (excluding diaryl/α,β-unsaturated/α-hetero) is 1. The SMILES string of the molecule is CC([C@H]1CCC2C3=C(CC[C@@]21C)[C@@]12CO[C@](O)([C@@H](O)C1)C(C)(C)C2[C@@H](OS(=O)(=O)O)C3)[C@H]1C[C@@H]2C[C@@](C)(OC2(C)C)[C@H](CC[C@@H](C)[C@H]2CCC3C4=C(CC[C@@]32C)[C@@]2(C)C[C@H](O)C(=O)C(C)(C)C2[C@@H](OS(=O)(=O)O)C4)O1. The number of aliphatic hydroxyl groups is 3. The number of rotatable bonds is 10. The topological polar surface area (TPSA) is 233 Å². The van der Waals surface area contributed by atoms with Crippen LogP contribution in [0.15, 0.2) is 22.3 Å². The molecule has 12 aliphatic rings. The van der Waals surface area contributed by atoms with E-state index in [2.05, 4.69) is 55.4 Å². The second-order valence-corrected chi connectivity index (χ2v) is 31.6. The Labute approximate surface area is 447 Å². The van der Waals surface area contributed by atoms with Crippen molar-refractivity contribution in [3.8, 4) is 0 Å². The fourth-order valence-electron chi connectivity index (χ4n) is 22.0. The summed E-state index contributed by atoms with van der Waals surface area (Å²) < 4.78 is 102. The quantitative estimate of drug-likeness (QED) is 0.101. The largest absolute Gasteiger partial charge is 0.397 e. The van der Waals surface area contributed by atoms with Crippen molar-refractivity contribution >= 4 is 26.6 Å².